The second-order valence-electron chi connectivity index (χ2n) is 2.43. The van der Waals surface area contributed by atoms with Gasteiger partial charge in [0.05, 0.1) is 0 Å². The van der Waals surface area contributed by atoms with Crippen LogP contribution in [0.3, 0.4) is 0 Å². The van der Waals surface area contributed by atoms with Crippen molar-refractivity contribution in [1.82, 2.24) is 9.97 Å². The largest absolute Gasteiger partial charge is 0.369 e. The van der Waals surface area contributed by atoms with Crippen LogP contribution in [0.2, 0.25) is 0 Å². The van der Waals surface area contributed by atoms with Gasteiger partial charge in [-0.25, -0.2) is 14.8 Å². The Labute approximate surface area is 73.5 Å². The lowest BCUT2D eigenvalue weighted by molar-refractivity contribution is 0.256. The molecule has 2 heterocycles. The molecule has 2 amide bonds. The molecule has 1 aromatic heterocycles. The second kappa shape index (κ2) is 2.89. The van der Waals surface area contributed by atoms with Gasteiger partial charge in [-0.2, -0.15) is 9.98 Å². The first-order valence-corrected chi connectivity index (χ1v) is 3.87. The molecule has 0 saturated heterocycles. The maximum Gasteiger partial charge on any atom is 0.369 e. The number of amides is 2. The molecular formula is C7H7N5O. The van der Waals surface area contributed by atoms with Gasteiger partial charge in [0.1, 0.15) is 6.33 Å². The van der Waals surface area contributed by atoms with E-state index in [0.29, 0.717) is 23.2 Å². The third-order valence-corrected chi connectivity index (χ3v) is 1.56. The van der Waals surface area contributed by atoms with Crippen LogP contribution in [0.15, 0.2) is 16.3 Å². The fraction of sp³-hybridized carbons (Fsp3) is 0.286. The Balaban J connectivity index is 2.65. The highest BCUT2D eigenvalue weighted by Gasteiger charge is 2.09. The summed E-state index contributed by atoms with van der Waals surface area (Å²) in [4.78, 5) is 25.9. The number of hydrogen-bond donors (Lipinski definition) is 1. The molecule has 1 N–H and O–H groups in total. The van der Waals surface area contributed by atoms with Gasteiger partial charge in [-0.15, -0.1) is 0 Å². The maximum absolute atomic E-state index is 10.8. The average molecular weight is 177 g/mol. The molecule has 0 fully saturated rings. The van der Waals surface area contributed by atoms with E-state index in [2.05, 4.69) is 25.3 Å². The summed E-state index contributed by atoms with van der Waals surface area (Å²) < 4.78 is 0. The topological polar surface area (TPSA) is 79.6 Å². The molecule has 6 heteroatoms. The molecule has 0 aromatic carbocycles. The van der Waals surface area contributed by atoms with Crippen molar-refractivity contribution in [2.45, 2.75) is 6.92 Å². The number of urea groups is 1. The summed E-state index contributed by atoms with van der Waals surface area (Å²) >= 11 is 0. The Kier molecular flexibility index (Phi) is 1.73. The summed E-state index contributed by atoms with van der Waals surface area (Å²) in [5.74, 6) is 0.558. The fourth-order valence-electron chi connectivity index (χ4n) is 1.06. The predicted octanol–water partition coefficient (Wildman–Crippen LogP) is -0.719. The van der Waals surface area contributed by atoms with E-state index in [1.165, 1.54) is 6.33 Å². The highest BCUT2D eigenvalue weighted by atomic mass is 16.2. The monoisotopic (exact) mass is 177 g/mol. The van der Waals surface area contributed by atoms with E-state index in [1.54, 1.807) is 0 Å². The van der Waals surface area contributed by atoms with E-state index < -0.39 is 6.03 Å². The lowest BCUT2D eigenvalue weighted by Crippen LogP contribution is -2.29. The van der Waals surface area contributed by atoms with Crippen LogP contribution in [0.4, 0.5) is 10.6 Å². The minimum absolute atomic E-state index is 0.343. The highest BCUT2D eigenvalue weighted by molar-refractivity contribution is 5.77. The predicted molar refractivity (Wildman–Crippen MR) is 43.9 cm³/mol. The minimum Gasteiger partial charge on any atom is -0.368 e. The SMILES string of the molecule is CCNc1ncnc2c1=NC(=O)N=2. The first kappa shape index (κ1) is 7.78. The summed E-state index contributed by atoms with van der Waals surface area (Å²) in [5, 5.41) is 3.41. The van der Waals surface area contributed by atoms with Gasteiger partial charge in [0.15, 0.2) is 16.7 Å². The molecule has 0 spiro atoms. The van der Waals surface area contributed by atoms with Gasteiger partial charge < -0.3 is 5.32 Å². The van der Waals surface area contributed by atoms with Crippen LogP contribution >= 0.6 is 0 Å². The molecule has 13 heavy (non-hydrogen) atoms. The molecule has 0 bridgehead atoms. The molecule has 1 aromatic rings. The molecule has 1 aliphatic rings. The van der Waals surface area contributed by atoms with Crippen molar-refractivity contribution in [3.8, 4) is 0 Å². The van der Waals surface area contributed by atoms with Gasteiger partial charge >= 0.3 is 6.03 Å². The van der Waals surface area contributed by atoms with E-state index in [-0.39, 0.29) is 0 Å². The molecular weight excluding hydrogens is 170 g/mol. The molecule has 0 unspecified atom stereocenters. The van der Waals surface area contributed by atoms with Crippen LogP contribution < -0.4 is 16.2 Å². The van der Waals surface area contributed by atoms with Crippen molar-refractivity contribution in [3.63, 3.8) is 0 Å². The van der Waals surface area contributed by atoms with Crippen LogP contribution in [0.1, 0.15) is 6.92 Å². The van der Waals surface area contributed by atoms with E-state index in [9.17, 15) is 4.79 Å². The summed E-state index contributed by atoms with van der Waals surface area (Å²) in [7, 11) is 0. The average Bonchev–Trinajstić information content (AvgIpc) is 2.47. The Morgan fingerprint density at radius 2 is 2.23 bits per heavy atom. The molecule has 6 nitrogen and oxygen atoms in total. The van der Waals surface area contributed by atoms with Crippen LogP contribution in [0.25, 0.3) is 0 Å². The van der Waals surface area contributed by atoms with E-state index in [0.717, 1.165) is 0 Å². The third-order valence-electron chi connectivity index (χ3n) is 1.56. The number of nitrogens with zero attached hydrogens (tertiary/aromatic N) is 4. The molecule has 0 radical (unpaired) electrons. The summed E-state index contributed by atoms with van der Waals surface area (Å²) in [6.45, 7) is 2.65. The van der Waals surface area contributed by atoms with Crippen LogP contribution in [0.5, 0.6) is 0 Å². The summed E-state index contributed by atoms with van der Waals surface area (Å²) in [6, 6.07) is -0.519. The highest BCUT2D eigenvalue weighted by Crippen LogP contribution is 1.91. The Hall–Kier alpha value is -1.85. The normalized spacial score (nSPS) is 13.2. The van der Waals surface area contributed by atoms with Crippen molar-refractivity contribution in [1.29, 1.82) is 0 Å². The number of carbonyl (C=O) groups is 1. The zero-order valence-corrected chi connectivity index (χ0v) is 6.98. The van der Waals surface area contributed by atoms with E-state index in [1.807, 2.05) is 6.92 Å². The molecule has 0 atom stereocenters. The van der Waals surface area contributed by atoms with Gasteiger partial charge in [-0.05, 0) is 6.92 Å². The van der Waals surface area contributed by atoms with Crippen LogP contribution in [0, 0.1) is 0 Å². The molecule has 2 rings (SSSR count). The maximum atomic E-state index is 10.8. The van der Waals surface area contributed by atoms with Gasteiger partial charge in [-0.1, -0.05) is 0 Å². The summed E-state index contributed by atoms with van der Waals surface area (Å²) in [6.07, 6.45) is 1.36. The Morgan fingerprint density at radius 1 is 1.38 bits per heavy atom. The smallest absolute Gasteiger partial charge is 0.368 e. The summed E-state index contributed by atoms with van der Waals surface area (Å²) in [5.41, 5.74) is 0.343. The zero-order chi connectivity index (χ0) is 9.26. The number of fused-ring (bicyclic) bond motifs is 1. The molecule has 0 saturated carbocycles. The fourth-order valence-corrected chi connectivity index (χ4v) is 1.06. The third kappa shape index (κ3) is 1.26. The van der Waals surface area contributed by atoms with Gasteiger partial charge in [0, 0.05) is 6.54 Å². The number of carbonyl (C=O) groups excluding carboxylic acids is 1. The molecule has 1 aliphatic heterocycles. The van der Waals surface area contributed by atoms with Crippen molar-refractivity contribution < 1.29 is 4.79 Å². The second-order valence-corrected chi connectivity index (χ2v) is 2.43. The lowest BCUT2D eigenvalue weighted by atomic mass is 10.5. The number of hydrogen-bond acceptors (Lipinski definition) is 4. The molecule has 66 valence electrons. The standard InChI is InChI=1S/C7H7N5O/c1-2-8-5-4-6(10-3-9-5)12-7(13)11-4/h3H,2H2,1H3,(H,8,9,10,12,13). The first-order valence-electron chi connectivity index (χ1n) is 3.87. The minimum atomic E-state index is -0.519. The Bertz CT molecular complexity index is 466. The zero-order valence-electron chi connectivity index (χ0n) is 6.98. The number of anilines is 1. The van der Waals surface area contributed by atoms with Crippen molar-refractivity contribution in [2.24, 2.45) is 9.98 Å². The molecule has 0 aliphatic carbocycles. The van der Waals surface area contributed by atoms with Crippen molar-refractivity contribution in [2.75, 3.05) is 11.9 Å². The van der Waals surface area contributed by atoms with E-state index in [4.69, 9.17) is 0 Å². The van der Waals surface area contributed by atoms with Crippen LogP contribution in [-0.2, 0) is 0 Å². The number of aromatic nitrogens is 2. The van der Waals surface area contributed by atoms with Gasteiger partial charge in [0.2, 0.25) is 0 Å². The van der Waals surface area contributed by atoms with E-state index >= 15 is 0 Å². The first-order chi connectivity index (χ1) is 6.31. The number of rotatable bonds is 2. The quantitative estimate of drug-likeness (QED) is 0.646. The lowest BCUT2D eigenvalue weighted by Gasteiger charge is -1.98. The van der Waals surface area contributed by atoms with Gasteiger partial charge in [0.25, 0.3) is 0 Å². The van der Waals surface area contributed by atoms with Crippen molar-refractivity contribution in [3.05, 3.63) is 17.2 Å². The van der Waals surface area contributed by atoms with Crippen LogP contribution in [-0.4, -0.2) is 22.5 Å². The van der Waals surface area contributed by atoms with Gasteiger partial charge in [-0.3, -0.25) is 0 Å². The number of nitrogens with one attached hydrogen (secondary N) is 1. The van der Waals surface area contributed by atoms with Crippen molar-refractivity contribution >= 4 is 11.8 Å². The Morgan fingerprint density at radius 3 is 3.00 bits per heavy atom.